The van der Waals surface area contributed by atoms with Crippen molar-refractivity contribution in [2.45, 2.75) is 32.4 Å². The van der Waals surface area contributed by atoms with Gasteiger partial charge in [0, 0.05) is 31.1 Å². The Bertz CT molecular complexity index is 1680. The molecule has 0 bridgehead atoms. The van der Waals surface area contributed by atoms with Crippen LogP contribution in [0.15, 0.2) is 54.7 Å². The summed E-state index contributed by atoms with van der Waals surface area (Å²) in [5.74, 6) is -2.47. The topological polar surface area (TPSA) is 277 Å². The van der Waals surface area contributed by atoms with Gasteiger partial charge in [-0.15, -0.1) is 0 Å². The number of rotatable bonds is 12. The fourth-order valence-corrected chi connectivity index (χ4v) is 3.80. The van der Waals surface area contributed by atoms with Gasteiger partial charge in [-0.05, 0) is 41.7 Å². The van der Waals surface area contributed by atoms with E-state index in [9.17, 15) is 19.2 Å². The van der Waals surface area contributed by atoms with Crippen LogP contribution in [0.2, 0.25) is 0 Å². The Labute approximate surface area is 262 Å². The van der Waals surface area contributed by atoms with E-state index in [1.54, 1.807) is 36.4 Å². The van der Waals surface area contributed by atoms with Crippen molar-refractivity contribution in [3.63, 3.8) is 0 Å². The zero-order chi connectivity index (χ0) is 33.8. The number of carboxylic acids is 2. The van der Waals surface area contributed by atoms with Crippen molar-refractivity contribution in [3.8, 4) is 0 Å². The molecule has 17 nitrogen and oxygen atoms in total. The van der Waals surface area contributed by atoms with E-state index in [0.717, 1.165) is 5.69 Å². The van der Waals surface area contributed by atoms with Crippen LogP contribution < -0.4 is 27.1 Å². The number of carboxylic acid groups (broad SMARTS) is 2. The molecule has 0 radical (unpaired) electrons. The van der Waals surface area contributed by atoms with Crippen molar-refractivity contribution in [2.75, 3.05) is 23.0 Å². The van der Waals surface area contributed by atoms with Gasteiger partial charge in [0.15, 0.2) is 17.0 Å². The van der Waals surface area contributed by atoms with Gasteiger partial charge in [-0.2, -0.15) is 9.97 Å². The largest absolute Gasteiger partial charge is 0.488 e. The van der Waals surface area contributed by atoms with Crippen LogP contribution in [0.3, 0.4) is 0 Å². The number of fused-ring (bicyclic) bond motifs is 1. The number of amides is 2. The number of hydrogen-bond donors (Lipinski definition) is 7. The average molecular weight is 634 g/mol. The van der Waals surface area contributed by atoms with Crippen LogP contribution in [0.25, 0.3) is 11.2 Å². The Morgan fingerprint density at radius 3 is 2.13 bits per heavy atom. The van der Waals surface area contributed by atoms with E-state index in [0.29, 0.717) is 28.8 Å². The van der Waals surface area contributed by atoms with E-state index in [2.05, 4.69) is 25.3 Å². The van der Waals surface area contributed by atoms with Gasteiger partial charge in [0.1, 0.15) is 6.61 Å². The van der Waals surface area contributed by atoms with Gasteiger partial charge in [-0.25, -0.2) is 14.8 Å². The van der Waals surface area contributed by atoms with Gasteiger partial charge in [-0.1, -0.05) is 24.3 Å². The third-order valence-electron chi connectivity index (χ3n) is 6.12. The normalized spacial score (nSPS) is 10.3. The zero-order valence-electron chi connectivity index (χ0n) is 24.5. The summed E-state index contributed by atoms with van der Waals surface area (Å²) in [5.41, 5.74) is 14.2. The van der Waals surface area contributed by atoms with E-state index in [4.69, 9.17) is 36.5 Å². The van der Waals surface area contributed by atoms with E-state index in [1.165, 1.54) is 18.3 Å². The molecule has 0 fully saturated rings. The molecular formula is C28H31BN8O9. The number of nitrogen functional groups attached to an aromatic ring is 1. The first-order valence-electron chi connectivity index (χ1n) is 13.5. The first-order valence-corrected chi connectivity index (χ1v) is 13.5. The smallest absolute Gasteiger partial charge is 0.481 e. The van der Waals surface area contributed by atoms with Crippen molar-refractivity contribution in [3.05, 3.63) is 71.5 Å². The lowest BCUT2D eigenvalue weighted by molar-refractivity contribution is -0.138. The summed E-state index contributed by atoms with van der Waals surface area (Å²) < 4.78 is 5.23. The number of anilines is 3. The van der Waals surface area contributed by atoms with Gasteiger partial charge in [0.25, 0.3) is 0 Å². The molecule has 0 saturated heterocycles. The van der Waals surface area contributed by atoms with Crippen LogP contribution in [-0.4, -0.2) is 78.3 Å². The fourth-order valence-electron chi connectivity index (χ4n) is 3.80. The van der Waals surface area contributed by atoms with Crippen molar-refractivity contribution >= 4 is 65.1 Å². The molecule has 2 aromatic heterocycles. The highest BCUT2D eigenvalue weighted by molar-refractivity contribution is 6.58. The van der Waals surface area contributed by atoms with Crippen LogP contribution in [-0.2, 0) is 27.5 Å². The van der Waals surface area contributed by atoms with Crippen LogP contribution in [0.4, 0.5) is 22.2 Å². The van der Waals surface area contributed by atoms with Gasteiger partial charge in [0.05, 0.1) is 18.4 Å². The highest BCUT2D eigenvalue weighted by Crippen LogP contribution is 2.20. The molecule has 2 amide bonds. The van der Waals surface area contributed by atoms with Crippen LogP contribution in [0.1, 0.15) is 40.9 Å². The molecule has 4 rings (SSSR count). The monoisotopic (exact) mass is 634 g/mol. The minimum atomic E-state index is -1.58. The zero-order valence-corrected chi connectivity index (χ0v) is 24.5. The molecule has 4 aromatic rings. The first-order chi connectivity index (χ1) is 21.8. The molecule has 2 aromatic carbocycles. The maximum absolute atomic E-state index is 12.4. The highest BCUT2D eigenvalue weighted by Gasteiger charge is 2.16. The van der Waals surface area contributed by atoms with E-state index in [1.807, 2.05) is 11.9 Å². The van der Waals surface area contributed by atoms with Crippen LogP contribution in [0, 0.1) is 0 Å². The number of benzene rings is 2. The summed E-state index contributed by atoms with van der Waals surface area (Å²) in [5, 5.41) is 36.9. The van der Waals surface area contributed by atoms with Crippen molar-refractivity contribution in [1.82, 2.24) is 19.9 Å². The number of ether oxygens (including phenoxy) is 1. The van der Waals surface area contributed by atoms with Crippen molar-refractivity contribution < 1.29 is 44.2 Å². The Morgan fingerprint density at radius 1 is 0.935 bits per heavy atom. The molecule has 0 saturated carbocycles. The quantitative estimate of drug-likeness (QED) is 0.104. The summed E-state index contributed by atoms with van der Waals surface area (Å²) in [7, 11) is 0.262. The van der Waals surface area contributed by atoms with Crippen molar-refractivity contribution in [2.24, 2.45) is 5.73 Å². The molecule has 18 heteroatoms. The molecule has 0 aliphatic carbocycles. The number of aliphatic carboxylic acids is 2. The molecule has 0 aliphatic heterocycles. The fraction of sp³-hybridized carbons (Fsp3) is 0.214. The molecule has 0 unspecified atom stereocenters. The van der Waals surface area contributed by atoms with Gasteiger partial charge < -0.3 is 41.4 Å². The van der Waals surface area contributed by atoms with E-state index >= 15 is 0 Å². The summed E-state index contributed by atoms with van der Waals surface area (Å²) >= 11 is 0. The Balaban J connectivity index is 0.000000559. The minimum absolute atomic E-state index is 0.0362. The second kappa shape index (κ2) is 16.3. The molecule has 0 atom stereocenters. The molecule has 0 spiro atoms. The van der Waals surface area contributed by atoms with Crippen LogP contribution >= 0.6 is 0 Å². The van der Waals surface area contributed by atoms with Gasteiger partial charge >= 0.3 is 25.2 Å². The predicted octanol–water partition coefficient (Wildman–Crippen LogP) is 0.492. The van der Waals surface area contributed by atoms with Crippen molar-refractivity contribution in [1.29, 1.82) is 0 Å². The number of nitrogens with two attached hydrogens (primary N) is 2. The summed E-state index contributed by atoms with van der Waals surface area (Å²) in [4.78, 5) is 62.2. The molecular weight excluding hydrogens is 603 g/mol. The summed E-state index contributed by atoms with van der Waals surface area (Å²) in [6.07, 6.45) is 0.825. The number of primary amides is 1. The predicted molar refractivity (Wildman–Crippen MR) is 166 cm³/mol. The number of nitrogens with one attached hydrogen (secondary N) is 1. The minimum Gasteiger partial charge on any atom is -0.481 e. The SMILES string of the molecule is CN(Cc1cnc2nc(N)nc(NC(=O)OCc3ccc(B(O)O)cc3)c2n1)c1ccc(C(N)=O)cc1.O=C(O)CCCC(=O)O. The second-order valence-corrected chi connectivity index (χ2v) is 9.69. The molecule has 2 heterocycles. The van der Waals surface area contributed by atoms with Gasteiger partial charge in [0.2, 0.25) is 11.9 Å². The molecule has 46 heavy (non-hydrogen) atoms. The van der Waals surface area contributed by atoms with Gasteiger partial charge in [-0.3, -0.25) is 19.7 Å². The number of hydrogen-bond acceptors (Lipinski definition) is 13. The lowest BCUT2D eigenvalue weighted by Gasteiger charge is -2.19. The lowest BCUT2D eigenvalue weighted by atomic mass is 9.80. The summed E-state index contributed by atoms with van der Waals surface area (Å²) in [6.45, 7) is 0.286. The molecule has 0 aliphatic rings. The Kier molecular flexibility index (Phi) is 12.2. The Morgan fingerprint density at radius 2 is 1.57 bits per heavy atom. The summed E-state index contributed by atoms with van der Waals surface area (Å²) in [6, 6.07) is 13.0. The highest BCUT2D eigenvalue weighted by atomic mass is 16.5. The lowest BCUT2D eigenvalue weighted by Crippen LogP contribution is -2.29. The number of aromatic nitrogens is 4. The number of carbonyl (C=O) groups excluding carboxylic acids is 2. The second-order valence-electron chi connectivity index (χ2n) is 9.69. The maximum Gasteiger partial charge on any atom is 0.488 e. The number of nitrogens with zero attached hydrogens (tertiary/aromatic N) is 5. The maximum atomic E-state index is 12.4. The van der Waals surface area contributed by atoms with E-state index < -0.39 is 31.1 Å². The molecule has 9 N–H and O–H groups in total. The Hall–Kier alpha value is -5.88. The van der Waals surface area contributed by atoms with E-state index in [-0.39, 0.29) is 48.8 Å². The first kappa shape index (κ1) is 34.6. The third kappa shape index (κ3) is 10.7. The van der Waals surface area contributed by atoms with Crippen LogP contribution in [0.5, 0.6) is 0 Å². The standard InChI is InChI=1S/C23H23BN8O5.C5H8O4/c1-32(17-8-4-14(5-9-17)19(25)33)11-16-10-27-20-18(28-16)21(30-22(26)29-20)31-23(34)37-12-13-2-6-15(7-3-13)24(35)36;6-4(7)2-1-3-5(8)9/h2-10,35-36H,11-12H2,1H3,(H2,25,33)(H3,26,27,29,30,31,34);1-3H2,(H,6,7)(H,8,9). The average Bonchev–Trinajstić information content (AvgIpc) is 3.00. The number of carbonyl (C=O) groups is 4. The molecule has 240 valence electrons. The third-order valence-corrected chi connectivity index (χ3v) is 6.12.